The van der Waals surface area contributed by atoms with Gasteiger partial charge >= 0.3 is 0 Å². The predicted molar refractivity (Wildman–Crippen MR) is 152 cm³/mol. The van der Waals surface area contributed by atoms with E-state index in [-0.39, 0.29) is 37.5 Å². The Labute approximate surface area is 240 Å². The number of hydrogen-bond acceptors (Lipinski definition) is 7. The minimum Gasteiger partial charge on any atom is -0.491 e. The molecule has 0 bridgehead atoms. The maximum absolute atomic E-state index is 13.4. The van der Waals surface area contributed by atoms with Gasteiger partial charge in [0.25, 0.3) is 5.91 Å². The molecule has 1 saturated heterocycles. The van der Waals surface area contributed by atoms with Crippen molar-refractivity contribution in [2.75, 3.05) is 59.6 Å². The molecule has 11 heteroatoms. The lowest BCUT2D eigenvalue weighted by Gasteiger charge is -2.27. The molecule has 0 saturated carbocycles. The van der Waals surface area contributed by atoms with Crippen LogP contribution in [0.4, 0.5) is 0 Å². The van der Waals surface area contributed by atoms with Crippen molar-refractivity contribution in [1.29, 1.82) is 0 Å². The second-order valence-corrected chi connectivity index (χ2v) is 10.2. The highest BCUT2D eigenvalue weighted by atomic mass is 16.5. The van der Waals surface area contributed by atoms with E-state index in [1.807, 2.05) is 30.3 Å². The summed E-state index contributed by atoms with van der Waals surface area (Å²) in [6, 6.07) is 14.1. The lowest BCUT2D eigenvalue weighted by molar-refractivity contribution is -0.136. The maximum atomic E-state index is 13.4. The van der Waals surface area contributed by atoms with Gasteiger partial charge in [-0.2, -0.15) is 0 Å². The van der Waals surface area contributed by atoms with Gasteiger partial charge in [-0.1, -0.05) is 42.5 Å². The van der Waals surface area contributed by atoms with Gasteiger partial charge in [0.2, 0.25) is 17.7 Å². The highest BCUT2D eigenvalue weighted by Crippen LogP contribution is 2.19. The molecule has 2 aliphatic rings. The monoisotopic (exact) mass is 565 g/mol. The zero-order chi connectivity index (χ0) is 29.0. The van der Waals surface area contributed by atoms with Crippen molar-refractivity contribution in [2.45, 2.75) is 31.3 Å². The zero-order valence-electron chi connectivity index (χ0n) is 23.5. The van der Waals surface area contributed by atoms with Crippen LogP contribution in [-0.4, -0.2) is 105 Å². The third-order valence-corrected chi connectivity index (χ3v) is 7.17. The summed E-state index contributed by atoms with van der Waals surface area (Å²) in [5, 5.41) is 8.39. The van der Waals surface area contributed by atoms with Crippen LogP contribution in [0.5, 0.6) is 5.75 Å². The van der Waals surface area contributed by atoms with E-state index in [1.54, 1.807) is 31.3 Å². The molecule has 0 spiro atoms. The first-order valence-electron chi connectivity index (χ1n) is 14.1. The Morgan fingerprint density at radius 2 is 1.68 bits per heavy atom. The predicted octanol–water partition coefficient (Wildman–Crippen LogP) is 0.592. The molecule has 2 atom stereocenters. The smallest absolute Gasteiger partial charge is 0.255 e. The third kappa shape index (κ3) is 9.02. The third-order valence-electron chi connectivity index (χ3n) is 7.17. The first-order chi connectivity index (χ1) is 19.9. The molecule has 2 aromatic rings. The first kappa shape index (κ1) is 30.0. The average molecular weight is 566 g/mol. The molecule has 0 unspecified atom stereocenters. The van der Waals surface area contributed by atoms with Crippen molar-refractivity contribution in [3.63, 3.8) is 0 Å². The van der Waals surface area contributed by atoms with Gasteiger partial charge in [-0.3, -0.25) is 24.1 Å². The second-order valence-electron chi connectivity index (χ2n) is 10.2. The van der Waals surface area contributed by atoms with E-state index in [2.05, 4.69) is 20.9 Å². The Hall–Kier alpha value is -3.96. The number of amides is 4. The molecule has 3 N–H and O–H groups in total. The number of carbonyl (C=O) groups is 4. The molecule has 0 aliphatic carbocycles. The summed E-state index contributed by atoms with van der Waals surface area (Å²) in [5.41, 5.74) is 1.12. The van der Waals surface area contributed by atoms with Crippen LogP contribution in [0.2, 0.25) is 0 Å². The van der Waals surface area contributed by atoms with Crippen molar-refractivity contribution in [1.82, 2.24) is 25.8 Å². The van der Waals surface area contributed by atoms with Crippen molar-refractivity contribution in [2.24, 2.45) is 0 Å². The normalized spacial score (nSPS) is 21.1. The van der Waals surface area contributed by atoms with Gasteiger partial charge in [0.1, 0.15) is 24.4 Å². The molecule has 220 valence electrons. The maximum Gasteiger partial charge on any atom is 0.255 e. The molecule has 2 aliphatic heterocycles. The van der Waals surface area contributed by atoms with Crippen molar-refractivity contribution < 1.29 is 28.7 Å². The van der Waals surface area contributed by atoms with Crippen molar-refractivity contribution in [3.05, 3.63) is 65.7 Å². The topological polar surface area (TPSA) is 129 Å². The Morgan fingerprint density at radius 3 is 2.46 bits per heavy atom. The summed E-state index contributed by atoms with van der Waals surface area (Å²) in [6.45, 7) is 4.71. The summed E-state index contributed by atoms with van der Waals surface area (Å²) < 4.78 is 11.2. The van der Waals surface area contributed by atoms with Crippen LogP contribution in [0.15, 0.2) is 54.6 Å². The molecule has 1 fully saturated rings. The van der Waals surface area contributed by atoms with Crippen LogP contribution < -0.4 is 20.7 Å². The summed E-state index contributed by atoms with van der Waals surface area (Å²) in [6.07, 6.45) is 0.672. The van der Waals surface area contributed by atoms with E-state index in [0.29, 0.717) is 25.5 Å². The molecular weight excluding hydrogens is 526 g/mol. The highest BCUT2D eigenvalue weighted by Gasteiger charge is 2.30. The molecule has 2 aromatic carbocycles. The van der Waals surface area contributed by atoms with Gasteiger partial charge < -0.3 is 30.3 Å². The lowest BCUT2D eigenvalue weighted by atomic mass is 10.0. The Kier molecular flexibility index (Phi) is 11.1. The first-order valence-corrected chi connectivity index (χ1v) is 14.1. The Morgan fingerprint density at radius 1 is 0.951 bits per heavy atom. The zero-order valence-corrected chi connectivity index (χ0v) is 23.5. The fraction of sp³-hybridized carbons (Fsp3) is 0.467. The average Bonchev–Trinajstić information content (AvgIpc) is 2.99. The number of ether oxygens (including phenoxy) is 2. The van der Waals surface area contributed by atoms with Gasteiger partial charge in [-0.25, -0.2) is 0 Å². The van der Waals surface area contributed by atoms with Gasteiger partial charge in [0.15, 0.2) is 0 Å². The van der Waals surface area contributed by atoms with E-state index in [0.717, 1.165) is 31.6 Å². The minimum atomic E-state index is -1.15. The number of morpholine rings is 1. The van der Waals surface area contributed by atoms with E-state index < -0.39 is 29.8 Å². The molecule has 2 heterocycles. The largest absolute Gasteiger partial charge is 0.491 e. The van der Waals surface area contributed by atoms with Crippen molar-refractivity contribution >= 4 is 23.6 Å². The number of para-hydroxylation sites is 1. The SMILES string of the molecule is CN1CCOc2ccccc2C(=O)N[C@H](C(=O)NCCCN2CCOCC2)CC(=O)N[C@@H](Cc2ccccc2)C1=O. The Balaban J connectivity index is 1.50. The molecule has 0 aromatic heterocycles. The number of rotatable bonds is 7. The van der Waals surface area contributed by atoms with E-state index in [9.17, 15) is 19.2 Å². The second kappa shape index (κ2) is 15.2. The van der Waals surface area contributed by atoms with Crippen molar-refractivity contribution in [3.8, 4) is 5.75 Å². The van der Waals surface area contributed by atoms with Gasteiger partial charge in [0.05, 0.1) is 31.7 Å². The number of hydrogen-bond donors (Lipinski definition) is 3. The van der Waals surface area contributed by atoms with Gasteiger partial charge in [0, 0.05) is 33.1 Å². The molecule has 41 heavy (non-hydrogen) atoms. The number of nitrogens with zero attached hydrogens (tertiary/aromatic N) is 2. The van der Waals surface area contributed by atoms with Crippen LogP contribution in [-0.2, 0) is 25.5 Å². The minimum absolute atomic E-state index is 0.144. The number of nitrogens with one attached hydrogen (secondary N) is 3. The van der Waals surface area contributed by atoms with Gasteiger partial charge in [-0.15, -0.1) is 0 Å². The quantitative estimate of drug-likeness (QED) is 0.419. The summed E-state index contributed by atoms with van der Waals surface area (Å²) in [5.74, 6) is -1.45. The number of carbonyl (C=O) groups excluding carboxylic acids is 4. The van der Waals surface area contributed by atoms with Crippen LogP contribution >= 0.6 is 0 Å². The lowest BCUT2D eigenvalue weighted by Crippen LogP contribution is -2.53. The number of benzene rings is 2. The summed E-state index contributed by atoms with van der Waals surface area (Å²) in [7, 11) is 1.65. The number of likely N-dealkylation sites (N-methyl/N-ethyl adjacent to an activating group) is 1. The summed E-state index contributed by atoms with van der Waals surface area (Å²) >= 11 is 0. The van der Waals surface area contributed by atoms with Crippen LogP contribution in [0.3, 0.4) is 0 Å². The molecule has 0 radical (unpaired) electrons. The fourth-order valence-electron chi connectivity index (χ4n) is 4.84. The highest BCUT2D eigenvalue weighted by molar-refractivity contribution is 6.01. The van der Waals surface area contributed by atoms with E-state index in [1.165, 1.54) is 4.90 Å². The molecular formula is C30H39N5O6. The molecule has 4 amide bonds. The van der Waals surface area contributed by atoms with Crippen LogP contribution in [0.25, 0.3) is 0 Å². The molecule has 11 nitrogen and oxygen atoms in total. The standard InChI is InChI=1S/C30H39N5O6/c1-34-14-19-41-26-11-6-5-10-23(26)28(37)33-24(29(38)31-12-7-13-35-15-17-40-18-16-35)21-27(36)32-25(30(34)39)20-22-8-3-2-4-9-22/h2-6,8-11,24-25H,7,12-21H2,1H3,(H,31,38)(H,32,36)(H,33,37)/t24-,25-/m0/s1. The van der Waals surface area contributed by atoms with Crippen LogP contribution in [0, 0.1) is 0 Å². The fourth-order valence-corrected chi connectivity index (χ4v) is 4.84. The van der Waals surface area contributed by atoms with E-state index >= 15 is 0 Å². The van der Waals surface area contributed by atoms with Gasteiger partial charge in [-0.05, 0) is 30.7 Å². The molecule has 4 rings (SSSR count). The van der Waals surface area contributed by atoms with E-state index in [4.69, 9.17) is 9.47 Å². The number of fused-ring (bicyclic) bond motifs is 1. The van der Waals surface area contributed by atoms with Crippen LogP contribution in [0.1, 0.15) is 28.8 Å². The summed E-state index contributed by atoms with van der Waals surface area (Å²) in [4.78, 5) is 56.9. The Bertz CT molecular complexity index is 1190.